The second-order valence-corrected chi connectivity index (χ2v) is 9.46. The highest BCUT2D eigenvalue weighted by Crippen LogP contribution is 2.39. The summed E-state index contributed by atoms with van der Waals surface area (Å²) in [6.07, 6.45) is 1.77. The van der Waals surface area contributed by atoms with E-state index in [0.29, 0.717) is 43.4 Å². The maximum absolute atomic E-state index is 13.1. The van der Waals surface area contributed by atoms with Gasteiger partial charge in [0.25, 0.3) is 5.91 Å². The van der Waals surface area contributed by atoms with Crippen molar-refractivity contribution < 1.29 is 18.7 Å². The Balaban J connectivity index is 1.54. The summed E-state index contributed by atoms with van der Waals surface area (Å²) in [6, 6.07) is 16.8. The summed E-state index contributed by atoms with van der Waals surface area (Å²) >= 11 is 10.7. The summed E-state index contributed by atoms with van der Waals surface area (Å²) in [6.45, 7) is 2.57. The number of benzene rings is 3. The molecule has 0 bridgehead atoms. The van der Waals surface area contributed by atoms with Crippen molar-refractivity contribution in [3.8, 4) is 11.5 Å². The number of carbonyl (C=O) groups is 1. The zero-order valence-electron chi connectivity index (χ0n) is 18.0. The van der Waals surface area contributed by atoms with Gasteiger partial charge in [0.05, 0.1) is 21.7 Å². The van der Waals surface area contributed by atoms with Crippen molar-refractivity contribution >= 4 is 62.1 Å². The quantitative estimate of drug-likeness (QED) is 0.312. The van der Waals surface area contributed by atoms with Crippen LogP contribution in [-0.2, 0) is 11.4 Å². The van der Waals surface area contributed by atoms with Gasteiger partial charge in [-0.05, 0) is 100 Å². The van der Waals surface area contributed by atoms with Crippen LogP contribution >= 0.6 is 39.3 Å². The van der Waals surface area contributed by atoms with Crippen LogP contribution in [-0.4, -0.2) is 17.7 Å². The van der Waals surface area contributed by atoms with Gasteiger partial charge >= 0.3 is 0 Å². The largest absolute Gasteiger partial charge is 0.490 e. The number of amides is 1. The van der Waals surface area contributed by atoms with Crippen LogP contribution in [0.3, 0.4) is 0 Å². The molecule has 9 heteroatoms. The molecular formula is C25H19BrClFN2O3S. The van der Waals surface area contributed by atoms with E-state index in [-0.39, 0.29) is 18.3 Å². The monoisotopic (exact) mass is 560 g/mol. The molecule has 1 amide bonds. The van der Waals surface area contributed by atoms with E-state index in [9.17, 15) is 9.18 Å². The predicted octanol–water partition coefficient (Wildman–Crippen LogP) is 7.11. The fraction of sp³-hybridized carbons (Fsp3) is 0.120. The lowest BCUT2D eigenvalue weighted by atomic mass is 10.1. The Morgan fingerprint density at radius 3 is 2.56 bits per heavy atom. The van der Waals surface area contributed by atoms with Crippen molar-refractivity contribution in [2.75, 3.05) is 6.61 Å². The van der Waals surface area contributed by atoms with E-state index in [1.807, 2.05) is 19.1 Å². The van der Waals surface area contributed by atoms with Crippen molar-refractivity contribution in [1.82, 2.24) is 5.32 Å². The highest BCUT2D eigenvalue weighted by atomic mass is 79.9. The number of thioether (sulfide) groups is 1. The first-order valence-corrected chi connectivity index (χ1v) is 12.3. The predicted molar refractivity (Wildman–Crippen MR) is 138 cm³/mol. The van der Waals surface area contributed by atoms with Crippen LogP contribution in [0.5, 0.6) is 11.5 Å². The molecule has 0 spiro atoms. The highest BCUT2D eigenvalue weighted by molar-refractivity contribution is 9.10. The molecule has 34 heavy (non-hydrogen) atoms. The van der Waals surface area contributed by atoms with Crippen LogP contribution in [0.4, 0.5) is 10.1 Å². The van der Waals surface area contributed by atoms with E-state index in [1.54, 1.807) is 42.5 Å². The summed E-state index contributed by atoms with van der Waals surface area (Å²) in [5.74, 6) is 0.530. The number of amidine groups is 1. The van der Waals surface area contributed by atoms with Gasteiger partial charge in [-0.15, -0.1) is 0 Å². The summed E-state index contributed by atoms with van der Waals surface area (Å²) in [4.78, 5) is 17.4. The third-order valence-electron chi connectivity index (χ3n) is 4.63. The van der Waals surface area contributed by atoms with Gasteiger partial charge in [-0.25, -0.2) is 9.38 Å². The maximum atomic E-state index is 13.1. The molecule has 0 saturated carbocycles. The number of hydrogen-bond acceptors (Lipinski definition) is 5. The third kappa shape index (κ3) is 6.20. The van der Waals surface area contributed by atoms with Crippen LogP contribution in [0.2, 0.25) is 5.02 Å². The van der Waals surface area contributed by atoms with Crippen LogP contribution in [0.25, 0.3) is 6.08 Å². The van der Waals surface area contributed by atoms with Gasteiger partial charge in [0.2, 0.25) is 0 Å². The van der Waals surface area contributed by atoms with Gasteiger partial charge in [0, 0.05) is 5.02 Å². The molecule has 0 atom stereocenters. The van der Waals surface area contributed by atoms with Crippen molar-refractivity contribution in [2.45, 2.75) is 13.5 Å². The van der Waals surface area contributed by atoms with Gasteiger partial charge in [-0.3, -0.25) is 4.79 Å². The molecule has 3 aromatic carbocycles. The standard InChI is InChI=1S/C25H19BrClFN2O3S/c1-2-32-21-12-16(11-20(26)23(21)33-14-15-3-7-18(28)8-4-15)13-22-24(31)30-25(34-22)29-19-9-5-17(27)6-10-19/h3-13H,2,14H2,1H3,(H,29,30,31)/b22-13-. The molecule has 3 aromatic rings. The maximum Gasteiger partial charge on any atom is 0.264 e. The van der Waals surface area contributed by atoms with Gasteiger partial charge < -0.3 is 14.8 Å². The Hall–Kier alpha value is -2.81. The molecular weight excluding hydrogens is 543 g/mol. The topological polar surface area (TPSA) is 59.9 Å². The molecule has 0 radical (unpaired) electrons. The fourth-order valence-corrected chi connectivity index (χ4v) is 4.62. The van der Waals surface area contributed by atoms with Gasteiger partial charge in [0.1, 0.15) is 12.4 Å². The third-order valence-corrected chi connectivity index (χ3v) is 6.38. The van der Waals surface area contributed by atoms with E-state index in [0.717, 1.165) is 11.1 Å². The summed E-state index contributed by atoms with van der Waals surface area (Å²) in [7, 11) is 0. The molecule has 1 saturated heterocycles. The van der Waals surface area contributed by atoms with Crippen LogP contribution < -0.4 is 14.8 Å². The number of rotatable bonds is 7. The molecule has 1 N–H and O–H groups in total. The van der Waals surface area contributed by atoms with Crippen LogP contribution in [0.1, 0.15) is 18.1 Å². The van der Waals surface area contributed by atoms with Gasteiger partial charge in [0.15, 0.2) is 16.7 Å². The van der Waals surface area contributed by atoms with Crippen LogP contribution in [0, 0.1) is 5.82 Å². The first-order valence-electron chi connectivity index (χ1n) is 10.3. The summed E-state index contributed by atoms with van der Waals surface area (Å²) < 4.78 is 25.6. The second kappa shape index (κ2) is 11.1. The lowest BCUT2D eigenvalue weighted by Gasteiger charge is -2.15. The number of carbonyl (C=O) groups excluding carboxylic acids is 1. The SMILES string of the molecule is CCOc1cc(/C=C2\SC(=Nc3ccc(Cl)cc3)NC2=O)cc(Br)c1OCc1ccc(F)cc1. The average Bonchev–Trinajstić information content (AvgIpc) is 3.14. The molecule has 174 valence electrons. The molecule has 1 aliphatic heterocycles. The molecule has 4 rings (SSSR count). The smallest absolute Gasteiger partial charge is 0.264 e. The van der Waals surface area contributed by atoms with E-state index in [2.05, 4.69) is 26.2 Å². The Kier molecular flexibility index (Phi) is 7.92. The van der Waals surface area contributed by atoms with E-state index in [4.69, 9.17) is 21.1 Å². The normalized spacial score (nSPS) is 15.6. The lowest BCUT2D eigenvalue weighted by molar-refractivity contribution is -0.115. The second-order valence-electron chi connectivity index (χ2n) is 7.14. The Morgan fingerprint density at radius 1 is 1.12 bits per heavy atom. The molecule has 0 aromatic heterocycles. The lowest BCUT2D eigenvalue weighted by Crippen LogP contribution is -2.19. The van der Waals surface area contributed by atoms with Crippen molar-refractivity contribution in [3.05, 3.63) is 92.0 Å². The Labute approximate surface area is 214 Å². The average molecular weight is 562 g/mol. The minimum Gasteiger partial charge on any atom is -0.490 e. The highest BCUT2D eigenvalue weighted by Gasteiger charge is 2.24. The van der Waals surface area contributed by atoms with Crippen LogP contribution in [0.15, 0.2) is 75.0 Å². The minimum atomic E-state index is -0.299. The minimum absolute atomic E-state index is 0.233. The van der Waals surface area contributed by atoms with E-state index < -0.39 is 0 Å². The zero-order valence-corrected chi connectivity index (χ0v) is 21.1. The molecule has 1 aliphatic rings. The zero-order chi connectivity index (χ0) is 24.1. The van der Waals surface area contributed by atoms with Crippen molar-refractivity contribution in [2.24, 2.45) is 4.99 Å². The number of aliphatic imine (C=N–C) groups is 1. The molecule has 5 nitrogen and oxygen atoms in total. The van der Waals surface area contributed by atoms with E-state index in [1.165, 1.54) is 23.9 Å². The number of nitrogens with one attached hydrogen (secondary N) is 1. The molecule has 1 fully saturated rings. The number of nitrogens with zero attached hydrogens (tertiary/aromatic N) is 1. The molecule has 1 heterocycles. The number of hydrogen-bond donors (Lipinski definition) is 1. The Bertz CT molecular complexity index is 1260. The first-order chi connectivity index (χ1) is 16.4. The fourth-order valence-electron chi connectivity index (χ4n) is 3.08. The Morgan fingerprint density at radius 2 is 1.85 bits per heavy atom. The number of ether oxygens (including phenoxy) is 2. The van der Waals surface area contributed by atoms with Crippen molar-refractivity contribution in [3.63, 3.8) is 0 Å². The summed E-state index contributed by atoms with van der Waals surface area (Å²) in [5, 5.41) is 3.88. The van der Waals surface area contributed by atoms with Gasteiger partial charge in [-0.2, -0.15) is 0 Å². The summed E-state index contributed by atoms with van der Waals surface area (Å²) in [5.41, 5.74) is 2.28. The van der Waals surface area contributed by atoms with E-state index >= 15 is 0 Å². The van der Waals surface area contributed by atoms with Crippen molar-refractivity contribution in [1.29, 1.82) is 0 Å². The molecule has 0 unspecified atom stereocenters. The molecule has 0 aliphatic carbocycles. The number of halogens is 3. The first kappa shape index (κ1) is 24.3. The van der Waals surface area contributed by atoms with Gasteiger partial charge in [-0.1, -0.05) is 23.7 Å².